The highest BCUT2D eigenvalue weighted by atomic mass is 19.1. The summed E-state index contributed by atoms with van der Waals surface area (Å²) < 4.78 is 17.1. The van der Waals surface area contributed by atoms with E-state index in [2.05, 4.69) is 37.2 Å². The first kappa shape index (κ1) is 23.0. The fraction of sp³-hybridized carbons (Fsp3) is 0.370. The van der Waals surface area contributed by atoms with Gasteiger partial charge in [-0.05, 0) is 74.7 Å². The van der Waals surface area contributed by atoms with Crippen LogP contribution < -0.4 is 16.2 Å². The van der Waals surface area contributed by atoms with Crippen molar-refractivity contribution in [2.24, 2.45) is 0 Å². The average molecular weight is 487 g/mol. The maximum atomic E-state index is 15.4. The zero-order chi connectivity index (χ0) is 24.6. The number of benzene rings is 1. The van der Waals surface area contributed by atoms with Crippen LogP contribution in [0.25, 0.3) is 16.8 Å². The van der Waals surface area contributed by atoms with Crippen molar-refractivity contribution in [1.29, 1.82) is 0 Å². The summed E-state index contributed by atoms with van der Waals surface area (Å²) in [4.78, 5) is 11.5. The van der Waals surface area contributed by atoms with Gasteiger partial charge in [0.2, 0.25) is 5.95 Å². The van der Waals surface area contributed by atoms with Gasteiger partial charge in [0, 0.05) is 60.5 Å². The van der Waals surface area contributed by atoms with Crippen molar-refractivity contribution in [1.82, 2.24) is 35.3 Å². The number of fused-ring (bicyclic) bond motifs is 1. The number of aromatic nitrogens is 4. The van der Waals surface area contributed by atoms with Crippen LogP contribution in [-0.4, -0.2) is 50.7 Å². The molecule has 2 aliphatic rings. The lowest BCUT2D eigenvalue weighted by Gasteiger charge is -2.18. The highest BCUT2D eigenvalue weighted by Crippen LogP contribution is 2.35. The monoisotopic (exact) mass is 486 g/mol. The van der Waals surface area contributed by atoms with Crippen molar-refractivity contribution in [2.45, 2.75) is 39.2 Å². The molecular weight excluding hydrogens is 455 g/mol. The fourth-order valence-corrected chi connectivity index (χ4v) is 5.24. The molecule has 5 heterocycles. The molecule has 2 fully saturated rings. The minimum Gasteiger partial charge on any atom is -0.323 e. The zero-order valence-electron chi connectivity index (χ0n) is 20.7. The third-order valence-electron chi connectivity index (χ3n) is 7.44. The van der Waals surface area contributed by atoms with E-state index in [4.69, 9.17) is 4.98 Å². The molecule has 0 amide bonds. The molecule has 0 bridgehead atoms. The summed E-state index contributed by atoms with van der Waals surface area (Å²) in [6.07, 6.45) is 6.09. The summed E-state index contributed by atoms with van der Waals surface area (Å²) in [6.45, 7) is 8.34. The fourth-order valence-electron chi connectivity index (χ4n) is 5.24. The molecule has 4 aromatic rings. The smallest absolute Gasteiger partial charge is 0.247 e. The number of hydrazine groups is 1. The number of pyridine rings is 2. The third-order valence-corrected chi connectivity index (χ3v) is 7.44. The molecule has 0 radical (unpaired) electrons. The van der Waals surface area contributed by atoms with E-state index in [1.54, 1.807) is 16.8 Å². The second kappa shape index (κ2) is 9.57. The molecular formula is C27H31FN8. The molecule has 2 saturated heterocycles. The normalized spacial score (nSPS) is 16.9. The molecule has 8 nitrogen and oxygen atoms in total. The highest BCUT2D eigenvalue weighted by molar-refractivity contribution is 5.82. The number of anilines is 2. The van der Waals surface area contributed by atoms with Gasteiger partial charge in [0.25, 0.3) is 0 Å². The summed E-state index contributed by atoms with van der Waals surface area (Å²) in [7, 11) is 0. The lowest BCUT2D eigenvalue weighted by atomic mass is 9.91. The number of nitrogens with one attached hydrogen (secondary N) is 3. The molecule has 0 spiro atoms. The second-order valence-corrected chi connectivity index (χ2v) is 9.79. The van der Waals surface area contributed by atoms with Gasteiger partial charge >= 0.3 is 0 Å². The number of rotatable bonds is 6. The average Bonchev–Trinajstić information content (AvgIpc) is 3.64. The Morgan fingerprint density at radius 1 is 1.08 bits per heavy atom. The van der Waals surface area contributed by atoms with E-state index < -0.39 is 0 Å². The molecule has 1 aromatic carbocycles. The largest absolute Gasteiger partial charge is 0.323 e. The van der Waals surface area contributed by atoms with Crippen LogP contribution in [0.2, 0.25) is 0 Å². The Balaban J connectivity index is 1.42. The Kier molecular flexibility index (Phi) is 6.12. The Labute approximate surface area is 209 Å². The summed E-state index contributed by atoms with van der Waals surface area (Å²) in [6, 6.07) is 9.63. The van der Waals surface area contributed by atoms with Crippen molar-refractivity contribution in [3.8, 4) is 11.1 Å². The number of likely N-dealkylation sites (tertiary alicyclic amines) is 1. The van der Waals surface area contributed by atoms with Gasteiger partial charge in [-0.2, -0.15) is 4.98 Å². The van der Waals surface area contributed by atoms with Gasteiger partial charge in [-0.3, -0.25) is 20.7 Å². The molecule has 6 rings (SSSR count). The van der Waals surface area contributed by atoms with Crippen molar-refractivity contribution in [3.63, 3.8) is 0 Å². The molecule has 3 aromatic heterocycles. The van der Waals surface area contributed by atoms with E-state index in [1.165, 1.54) is 12.8 Å². The summed E-state index contributed by atoms with van der Waals surface area (Å²) >= 11 is 0. The molecule has 0 aliphatic carbocycles. The number of halogens is 1. The molecule has 3 N–H and O–H groups in total. The Morgan fingerprint density at radius 3 is 2.67 bits per heavy atom. The van der Waals surface area contributed by atoms with Crippen LogP contribution >= 0.6 is 0 Å². The van der Waals surface area contributed by atoms with Gasteiger partial charge in [0.1, 0.15) is 5.82 Å². The minimum atomic E-state index is -0.171. The molecule has 0 saturated carbocycles. The first-order valence-electron chi connectivity index (χ1n) is 12.6. The highest BCUT2D eigenvalue weighted by Gasteiger charge is 2.24. The van der Waals surface area contributed by atoms with Crippen molar-refractivity contribution in [3.05, 3.63) is 70.9 Å². The van der Waals surface area contributed by atoms with Gasteiger partial charge in [0.15, 0.2) is 5.65 Å². The summed E-state index contributed by atoms with van der Waals surface area (Å²) in [5, 5.41) is 8.03. The van der Waals surface area contributed by atoms with Gasteiger partial charge in [-0.15, -0.1) is 5.10 Å². The van der Waals surface area contributed by atoms with E-state index >= 15 is 4.39 Å². The van der Waals surface area contributed by atoms with Crippen molar-refractivity contribution < 1.29 is 4.39 Å². The number of hydrogen-bond acceptors (Lipinski definition) is 7. The number of aryl methyl sites for hydroxylation is 1. The second-order valence-electron chi connectivity index (χ2n) is 9.79. The van der Waals surface area contributed by atoms with E-state index in [0.717, 1.165) is 65.4 Å². The number of hydrogen-bond donors (Lipinski definition) is 3. The van der Waals surface area contributed by atoms with E-state index in [0.29, 0.717) is 18.1 Å². The van der Waals surface area contributed by atoms with E-state index in [-0.39, 0.29) is 11.7 Å². The van der Waals surface area contributed by atoms with Gasteiger partial charge < -0.3 is 5.32 Å². The molecule has 0 unspecified atom stereocenters. The van der Waals surface area contributed by atoms with Gasteiger partial charge in [-0.1, -0.05) is 12.1 Å². The lowest BCUT2D eigenvalue weighted by Crippen LogP contribution is -2.21. The van der Waals surface area contributed by atoms with Crippen LogP contribution in [0.4, 0.5) is 16.0 Å². The van der Waals surface area contributed by atoms with Crippen molar-refractivity contribution in [2.75, 3.05) is 31.5 Å². The van der Waals surface area contributed by atoms with Crippen LogP contribution in [0.5, 0.6) is 0 Å². The first-order chi connectivity index (χ1) is 17.6. The Hall–Kier alpha value is -3.40. The van der Waals surface area contributed by atoms with E-state index in [1.807, 2.05) is 38.2 Å². The van der Waals surface area contributed by atoms with Crippen LogP contribution in [-0.2, 0) is 6.54 Å². The maximum absolute atomic E-state index is 15.4. The molecule has 9 heteroatoms. The summed E-state index contributed by atoms with van der Waals surface area (Å²) in [5.41, 5.74) is 13.7. The molecule has 0 atom stereocenters. The van der Waals surface area contributed by atoms with Crippen LogP contribution in [0.3, 0.4) is 0 Å². The first-order valence-corrected chi connectivity index (χ1v) is 12.6. The third kappa shape index (κ3) is 4.34. The zero-order valence-corrected chi connectivity index (χ0v) is 20.7. The van der Waals surface area contributed by atoms with Crippen LogP contribution in [0, 0.1) is 19.7 Å². The quantitative estimate of drug-likeness (QED) is 0.379. The van der Waals surface area contributed by atoms with E-state index in [9.17, 15) is 0 Å². The number of nitrogens with zero attached hydrogens (tertiary/aromatic N) is 5. The van der Waals surface area contributed by atoms with Crippen LogP contribution in [0.15, 0.2) is 42.7 Å². The Morgan fingerprint density at radius 2 is 1.89 bits per heavy atom. The molecule has 2 aliphatic heterocycles. The standard InChI is InChI=1S/C27H31FN8/c1-17-18(2)29-9-7-24(17)32-27-33-26-25(22(8-12-36(26)34-27)21-14-30-31-15-21)19-5-6-20(23(28)13-19)16-35-10-3-4-11-35/h5-9,12-13,21,30-31H,3-4,10-11,14-16H2,1-2H3,(H,29,32,34). The van der Waals surface area contributed by atoms with Crippen LogP contribution in [0.1, 0.15) is 41.1 Å². The lowest BCUT2D eigenvalue weighted by molar-refractivity contribution is 0.325. The topological polar surface area (TPSA) is 82.4 Å². The minimum absolute atomic E-state index is 0.171. The predicted molar refractivity (Wildman–Crippen MR) is 139 cm³/mol. The van der Waals surface area contributed by atoms with Gasteiger partial charge in [0.05, 0.1) is 0 Å². The SMILES string of the molecule is Cc1nccc(Nc2nc3c(-c4ccc(CN5CCCC5)c(F)c4)c(C4CNNC4)ccn3n2)c1C. The Bertz CT molecular complexity index is 1400. The predicted octanol–water partition coefficient (Wildman–Crippen LogP) is 4.08. The molecule has 186 valence electrons. The summed E-state index contributed by atoms with van der Waals surface area (Å²) in [5.74, 6) is 0.571. The molecule has 36 heavy (non-hydrogen) atoms. The van der Waals surface area contributed by atoms with Gasteiger partial charge in [-0.25, -0.2) is 8.91 Å². The maximum Gasteiger partial charge on any atom is 0.247 e. The van der Waals surface area contributed by atoms with Crippen molar-refractivity contribution >= 4 is 17.3 Å².